The second kappa shape index (κ2) is 6.33. The first-order valence-electron chi connectivity index (χ1n) is 7.80. The van der Waals surface area contributed by atoms with Gasteiger partial charge < -0.3 is 10.6 Å². The van der Waals surface area contributed by atoms with Crippen molar-refractivity contribution in [2.75, 3.05) is 10.6 Å². The number of hydrogen-bond donors (Lipinski definition) is 2. The number of nitrogens with one attached hydrogen (secondary N) is 2. The van der Waals surface area contributed by atoms with Gasteiger partial charge in [-0.2, -0.15) is 0 Å². The van der Waals surface area contributed by atoms with Crippen molar-refractivity contribution in [1.82, 2.24) is 0 Å². The van der Waals surface area contributed by atoms with Crippen molar-refractivity contribution in [1.29, 1.82) is 0 Å². The molecule has 1 aliphatic heterocycles. The highest BCUT2D eigenvalue weighted by Gasteiger charge is 2.41. The van der Waals surface area contributed by atoms with Gasteiger partial charge in [-0.1, -0.05) is 29.8 Å². The lowest BCUT2D eigenvalue weighted by Gasteiger charge is -2.24. The fourth-order valence-corrected chi connectivity index (χ4v) is 4.56. The van der Waals surface area contributed by atoms with E-state index in [1.54, 1.807) is 18.2 Å². The van der Waals surface area contributed by atoms with Gasteiger partial charge in [-0.05, 0) is 37.6 Å². The molecule has 0 spiro atoms. The fourth-order valence-electron chi connectivity index (χ4n) is 2.85. The van der Waals surface area contributed by atoms with E-state index in [4.69, 9.17) is 0 Å². The van der Waals surface area contributed by atoms with Crippen LogP contribution in [0, 0.1) is 13.8 Å². The van der Waals surface area contributed by atoms with Gasteiger partial charge in [0, 0.05) is 5.69 Å². The second-order valence-electron chi connectivity index (χ2n) is 6.09. The Balaban J connectivity index is 1.82. The zero-order valence-electron chi connectivity index (χ0n) is 13.9. The summed E-state index contributed by atoms with van der Waals surface area (Å²) in [6.07, 6.45) is -0.435. The number of hydrogen-bond acceptors (Lipinski definition) is 4. The van der Waals surface area contributed by atoms with Gasteiger partial charge in [-0.3, -0.25) is 9.59 Å². The number of amides is 2. The number of carbonyl (C=O) groups is 2. The zero-order chi connectivity index (χ0) is 18.2. The van der Waals surface area contributed by atoms with Crippen LogP contribution < -0.4 is 10.6 Å². The van der Waals surface area contributed by atoms with Crippen molar-refractivity contribution in [2.24, 2.45) is 0 Å². The molecule has 1 aliphatic rings. The Morgan fingerprint density at radius 2 is 1.88 bits per heavy atom. The van der Waals surface area contributed by atoms with Crippen LogP contribution in [0.3, 0.4) is 0 Å². The van der Waals surface area contributed by atoms with Gasteiger partial charge in [-0.25, -0.2) is 8.42 Å². The molecule has 0 saturated heterocycles. The maximum atomic E-state index is 12.7. The van der Waals surface area contributed by atoms with Crippen molar-refractivity contribution < 1.29 is 18.0 Å². The molecular weight excluding hydrogens is 340 g/mol. The summed E-state index contributed by atoms with van der Waals surface area (Å²) < 4.78 is 25.3. The molecular formula is C18H18N2O4S. The highest BCUT2D eigenvalue weighted by molar-refractivity contribution is 7.93. The molecule has 0 bridgehead atoms. The van der Waals surface area contributed by atoms with Gasteiger partial charge in [0.1, 0.15) is 0 Å². The van der Waals surface area contributed by atoms with E-state index in [1.165, 1.54) is 12.1 Å². The number of para-hydroxylation sites is 1. The Morgan fingerprint density at radius 3 is 2.60 bits per heavy atom. The van der Waals surface area contributed by atoms with Gasteiger partial charge in [0.15, 0.2) is 15.1 Å². The Morgan fingerprint density at radius 1 is 1.16 bits per heavy atom. The molecule has 2 N–H and O–H groups in total. The predicted molar refractivity (Wildman–Crippen MR) is 95.2 cm³/mol. The number of sulfone groups is 1. The van der Waals surface area contributed by atoms with Crippen LogP contribution in [0.5, 0.6) is 0 Å². The average Bonchev–Trinajstić information content (AvgIpc) is 2.54. The Labute approximate surface area is 146 Å². The Kier molecular flexibility index (Phi) is 4.34. The summed E-state index contributed by atoms with van der Waals surface area (Å²) in [5.41, 5.74) is 2.78. The standard InChI is InChI=1S/C18H18N2O4S/c1-11-7-8-13(12(2)9-11)19-17(21)10-16-18(22)20-14-5-3-4-6-15(14)25(16,23)24/h3-9,16H,10H2,1-2H3,(H,19,21)(H,20,22)/t16-/m0/s1. The van der Waals surface area contributed by atoms with Gasteiger partial charge in [0.25, 0.3) is 0 Å². The molecule has 2 aromatic carbocycles. The smallest absolute Gasteiger partial charge is 0.243 e. The predicted octanol–water partition coefficient (Wildman–Crippen LogP) is 2.43. The van der Waals surface area contributed by atoms with E-state index in [2.05, 4.69) is 10.6 Å². The monoisotopic (exact) mass is 358 g/mol. The van der Waals surface area contributed by atoms with Crippen molar-refractivity contribution in [3.63, 3.8) is 0 Å². The number of rotatable bonds is 3. The first-order valence-corrected chi connectivity index (χ1v) is 9.34. The lowest BCUT2D eigenvalue weighted by atomic mass is 10.1. The number of carbonyl (C=O) groups excluding carboxylic acids is 2. The van der Waals surface area contributed by atoms with Crippen LogP contribution in [-0.2, 0) is 19.4 Å². The number of anilines is 2. The topological polar surface area (TPSA) is 92.3 Å². The molecule has 2 aromatic rings. The normalized spacial score (nSPS) is 18.2. The van der Waals surface area contributed by atoms with E-state index in [9.17, 15) is 18.0 Å². The minimum atomic E-state index is -3.91. The summed E-state index contributed by atoms with van der Waals surface area (Å²) >= 11 is 0. The van der Waals surface area contributed by atoms with E-state index < -0.39 is 33.3 Å². The lowest BCUT2D eigenvalue weighted by molar-refractivity contribution is -0.121. The van der Waals surface area contributed by atoms with Crippen LogP contribution in [0.15, 0.2) is 47.4 Å². The van der Waals surface area contributed by atoms with Crippen molar-refractivity contribution in [2.45, 2.75) is 30.4 Å². The van der Waals surface area contributed by atoms with Crippen molar-refractivity contribution in [3.8, 4) is 0 Å². The number of aryl methyl sites for hydroxylation is 2. The number of fused-ring (bicyclic) bond motifs is 1. The van der Waals surface area contributed by atoms with Crippen LogP contribution in [-0.4, -0.2) is 25.5 Å². The van der Waals surface area contributed by atoms with E-state index in [1.807, 2.05) is 26.0 Å². The van der Waals surface area contributed by atoms with Gasteiger partial charge in [0.2, 0.25) is 11.8 Å². The molecule has 25 heavy (non-hydrogen) atoms. The van der Waals surface area contributed by atoms with Crippen LogP contribution in [0.2, 0.25) is 0 Å². The highest BCUT2D eigenvalue weighted by atomic mass is 32.2. The molecule has 130 valence electrons. The molecule has 0 saturated carbocycles. The largest absolute Gasteiger partial charge is 0.326 e. The highest BCUT2D eigenvalue weighted by Crippen LogP contribution is 2.31. The molecule has 1 atom stereocenters. The van der Waals surface area contributed by atoms with Crippen molar-refractivity contribution in [3.05, 3.63) is 53.6 Å². The third-order valence-electron chi connectivity index (χ3n) is 4.15. The maximum Gasteiger partial charge on any atom is 0.243 e. The van der Waals surface area contributed by atoms with E-state index in [0.717, 1.165) is 11.1 Å². The van der Waals surface area contributed by atoms with Gasteiger partial charge in [-0.15, -0.1) is 0 Å². The average molecular weight is 358 g/mol. The molecule has 6 nitrogen and oxygen atoms in total. The van der Waals surface area contributed by atoms with Crippen LogP contribution in [0.4, 0.5) is 11.4 Å². The molecule has 7 heteroatoms. The van der Waals surface area contributed by atoms with Crippen molar-refractivity contribution >= 4 is 33.0 Å². The van der Waals surface area contributed by atoms with Gasteiger partial charge >= 0.3 is 0 Å². The Hall–Kier alpha value is -2.67. The molecule has 3 rings (SSSR count). The summed E-state index contributed by atoms with van der Waals surface area (Å²) in [5.74, 6) is -1.20. The van der Waals surface area contributed by atoms with E-state index in [0.29, 0.717) is 5.69 Å². The molecule has 0 aromatic heterocycles. The molecule has 0 fully saturated rings. The van der Waals surface area contributed by atoms with Crippen LogP contribution >= 0.6 is 0 Å². The minimum absolute atomic E-state index is 0.0407. The van der Waals surface area contributed by atoms with Gasteiger partial charge in [0.05, 0.1) is 17.0 Å². The molecule has 1 heterocycles. The zero-order valence-corrected chi connectivity index (χ0v) is 14.7. The summed E-state index contributed by atoms with van der Waals surface area (Å²) in [5, 5.41) is 3.80. The third-order valence-corrected chi connectivity index (χ3v) is 6.24. The first-order chi connectivity index (χ1) is 11.8. The maximum absolute atomic E-state index is 12.7. The van der Waals surface area contributed by atoms with Crippen LogP contribution in [0.25, 0.3) is 0 Å². The SMILES string of the molecule is Cc1ccc(NC(=O)C[C@H]2C(=O)Nc3ccccc3S2(=O)=O)c(C)c1. The third kappa shape index (κ3) is 3.28. The Bertz CT molecular complexity index is 967. The molecule has 0 aliphatic carbocycles. The molecule has 0 unspecified atom stereocenters. The molecule has 2 amide bonds. The minimum Gasteiger partial charge on any atom is -0.326 e. The van der Waals surface area contributed by atoms with Crippen LogP contribution in [0.1, 0.15) is 17.5 Å². The number of benzene rings is 2. The summed E-state index contributed by atoms with van der Waals surface area (Å²) in [4.78, 5) is 24.6. The lowest BCUT2D eigenvalue weighted by Crippen LogP contribution is -2.42. The second-order valence-corrected chi connectivity index (χ2v) is 8.19. The summed E-state index contributed by atoms with van der Waals surface area (Å²) in [6.45, 7) is 3.79. The summed E-state index contributed by atoms with van der Waals surface area (Å²) in [7, 11) is -3.91. The van der Waals surface area contributed by atoms with E-state index >= 15 is 0 Å². The molecule has 0 radical (unpaired) electrons. The fraction of sp³-hybridized carbons (Fsp3) is 0.222. The first kappa shape index (κ1) is 17.2. The quantitative estimate of drug-likeness (QED) is 0.881. The summed E-state index contributed by atoms with van der Waals surface area (Å²) in [6, 6.07) is 11.7. The van der Waals surface area contributed by atoms with E-state index in [-0.39, 0.29) is 10.6 Å².